The molecule has 0 aliphatic carbocycles. The van der Waals surface area contributed by atoms with Gasteiger partial charge < -0.3 is 20.4 Å². The molecule has 8 heteroatoms. The molecule has 2 saturated heterocycles. The number of hydrogen-bond acceptors (Lipinski definition) is 4. The van der Waals surface area contributed by atoms with Crippen molar-refractivity contribution >= 4 is 53.3 Å². The maximum Gasteiger partial charge on any atom is 0.239 e. The quantitative estimate of drug-likeness (QED) is 0.243. The number of thioether (sulfide) groups is 1. The minimum absolute atomic E-state index is 0. The van der Waals surface area contributed by atoms with E-state index in [1.807, 2.05) is 18.8 Å². The largest absolute Gasteiger partial charge is 0.360 e. The maximum absolute atomic E-state index is 11.6. The molecule has 2 aliphatic rings. The highest BCUT2D eigenvalue weighted by Crippen LogP contribution is 2.26. The zero-order chi connectivity index (χ0) is 21.5. The fourth-order valence-electron chi connectivity index (χ4n) is 4.09. The van der Waals surface area contributed by atoms with Crippen molar-refractivity contribution < 1.29 is 4.79 Å². The van der Waals surface area contributed by atoms with Gasteiger partial charge in [0.1, 0.15) is 0 Å². The summed E-state index contributed by atoms with van der Waals surface area (Å²) in [5.41, 5.74) is 2.31. The highest BCUT2D eigenvalue weighted by atomic mass is 127. The number of rotatable bonds is 6. The molecular weight excluding hydrogens is 533 g/mol. The van der Waals surface area contributed by atoms with Crippen LogP contribution in [0, 0.1) is 5.92 Å². The molecule has 1 amide bonds. The minimum atomic E-state index is 0. The Hall–Kier alpha value is -1.94. The van der Waals surface area contributed by atoms with E-state index in [4.69, 9.17) is 0 Å². The van der Waals surface area contributed by atoms with Gasteiger partial charge in [-0.1, -0.05) is 30.3 Å². The number of carbonyl (C=O) groups is 1. The van der Waals surface area contributed by atoms with Crippen LogP contribution in [0.4, 0.5) is 5.69 Å². The number of amides is 1. The lowest BCUT2D eigenvalue weighted by Gasteiger charge is -2.28. The van der Waals surface area contributed by atoms with Gasteiger partial charge in [0.25, 0.3) is 0 Å². The van der Waals surface area contributed by atoms with E-state index in [-0.39, 0.29) is 29.9 Å². The molecule has 2 heterocycles. The molecule has 1 atom stereocenters. The number of nitrogens with one attached hydrogen (secondary N) is 2. The molecule has 2 aromatic rings. The second-order valence-electron chi connectivity index (χ2n) is 8.06. The molecular formula is C24H32IN5OS. The van der Waals surface area contributed by atoms with Crippen molar-refractivity contribution in [1.82, 2.24) is 15.5 Å². The summed E-state index contributed by atoms with van der Waals surface area (Å²) >= 11 is 1.95. The zero-order valence-electron chi connectivity index (χ0n) is 18.5. The Balaban J connectivity index is 0.00000289. The molecule has 32 heavy (non-hydrogen) atoms. The maximum atomic E-state index is 11.6. The van der Waals surface area contributed by atoms with Gasteiger partial charge in [0, 0.05) is 56.1 Å². The lowest BCUT2D eigenvalue weighted by atomic mass is 10.2. The number of hydrogen-bond donors (Lipinski definition) is 2. The SMILES string of the molecule is CN=C(NCc1ccc(N2CCNC(=O)C2)cc1)N1CCC(CSc2ccccc2)C1.I. The number of guanidine groups is 1. The summed E-state index contributed by atoms with van der Waals surface area (Å²) in [6.07, 6.45) is 1.21. The van der Waals surface area contributed by atoms with Crippen molar-refractivity contribution in [1.29, 1.82) is 0 Å². The third-order valence-electron chi connectivity index (χ3n) is 5.82. The topological polar surface area (TPSA) is 60.0 Å². The van der Waals surface area contributed by atoms with E-state index >= 15 is 0 Å². The standard InChI is InChI=1S/C24H31N5OS.HI/c1-25-24(29-13-11-20(16-29)18-31-22-5-3-2-4-6-22)27-15-19-7-9-21(10-8-19)28-14-12-26-23(30)17-28;/h2-10,20H,11-18H2,1H3,(H,25,27)(H,26,30);1H. The second-order valence-corrected chi connectivity index (χ2v) is 9.16. The van der Waals surface area contributed by atoms with Crippen molar-refractivity contribution in [3.05, 3.63) is 60.2 Å². The lowest BCUT2D eigenvalue weighted by Crippen LogP contribution is -2.47. The average Bonchev–Trinajstić information content (AvgIpc) is 3.28. The van der Waals surface area contributed by atoms with Gasteiger partial charge in [0.15, 0.2) is 5.96 Å². The number of carbonyl (C=O) groups excluding carboxylic acids is 1. The highest BCUT2D eigenvalue weighted by molar-refractivity contribution is 14.0. The molecule has 0 aromatic heterocycles. The molecule has 4 rings (SSSR count). The predicted molar refractivity (Wildman–Crippen MR) is 144 cm³/mol. The van der Waals surface area contributed by atoms with Gasteiger partial charge in [-0.05, 0) is 42.2 Å². The van der Waals surface area contributed by atoms with Crippen LogP contribution in [-0.4, -0.2) is 62.3 Å². The molecule has 2 aliphatic heterocycles. The Morgan fingerprint density at radius 3 is 2.66 bits per heavy atom. The van der Waals surface area contributed by atoms with Crippen LogP contribution < -0.4 is 15.5 Å². The molecule has 6 nitrogen and oxygen atoms in total. The van der Waals surface area contributed by atoms with Crippen LogP contribution in [0.15, 0.2) is 64.5 Å². The number of nitrogens with zero attached hydrogens (tertiary/aromatic N) is 3. The second kappa shape index (κ2) is 12.3. The molecule has 1 unspecified atom stereocenters. The number of aliphatic imine (C=N–C) groups is 1. The third-order valence-corrected chi connectivity index (χ3v) is 7.06. The van der Waals surface area contributed by atoms with Gasteiger partial charge in [-0.15, -0.1) is 35.7 Å². The highest BCUT2D eigenvalue weighted by Gasteiger charge is 2.25. The van der Waals surface area contributed by atoms with E-state index < -0.39 is 0 Å². The van der Waals surface area contributed by atoms with Gasteiger partial charge in [0.2, 0.25) is 5.91 Å². The van der Waals surface area contributed by atoms with E-state index in [2.05, 4.69) is 80.0 Å². The Morgan fingerprint density at radius 2 is 1.94 bits per heavy atom. The molecule has 0 radical (unpaired) electrons. The first kappa shape index (κ1) is 24.7. The summed E-state index contributed by atoms with van der Waals surface area (Å²) in [4.78, 5) is 21.9. The summed E-state index contributed by atoms with van der Waals surface area (Å²) < 4.78 is 0. The fourth-order valence-corrected chi connectivity index (χ4v) is 5.14. The van der Waals surface area contributed by atoms with Gasteiger partial charge in [-0.3, -0.25) is 9.79 Å². The van der Waals surface area contributed by atoms with Crippen molar-refractivity contribution in [2.24, 2.45) is 10.9 Å². The summed E-state index contributed by atoms with van der Waals surface area (Å²) in [6.45, 7) is 4.84. The Bertz CT molecular complexity index is 893. The monoisotopic (exact) mass is 565 g/mol. The smallest absolute Gasteiger partial charge is 0.239 e. The Morgan fingerprint density at radius 1 is 1.16 bits per heavy atom. The van der Waals surface area contributed by atoms with Crippen LogP contribution in [0.1, 0.15) is 12.0 Å². The first-order valence-corrected chi connectivity index (χ1v) is 11.9. The fraction of sp³-hybridized carbons (Fsp3) is 0.417. The average molecular weight is 566 g/mol. The summed E-state index contributed by atoms with van der Waals surface area (Å²) in [5, 5.41) is 6.39. The lowest BCUT2D eigenvalue weighted by molar-refractivity contribution is -0.120. The zero-order valence-corrected chi connectivity index (χ0v) is 21.6. The summed E-state index contributed by atoms with van der Waals surface area (Å²) in [5.74, 6) is 2.90. The van der Waals surface area contributed by atoms with Gasteiger partial charge in [-0.25, -0.2) is 0 Å². The van der Waals surface area contributed by atoms with Crippen molar-refractivity contribution in [3.63, 3.8) is 0 Å². The van der Waals surface area contributed by atoms with Crippen LogP contribution in [-0.2, 0) is 11.3 Å². The van der Waals surface area contributed by atoms with E-state index in [1.54, 1.807) is 0 Å². The molecule has 0 saturated carbocycles. The van der Waals surface area contributed by atoms with Crippen LogP contribution in [0.3, 0.4) is 0 Å². The number of anilines is 1. The number of likely N-dealkylation sites (tertiary alicyclic amines) is 1. The molecule has 0 bridgehead atoms. The van der Waals surface area contributed by atoms with Crippen molar-refractivity contribution in [3.8, 4) is 0 Å². The molecule has 2 fully saturated rings. The Labute approximate surface area is 212 Å². The summed E-state index contributed by atoms with van der Waals surface area (Å²) in [6, 6.07) is 19.1. The van der Waals surface area contributed by atoms with Crippen LogP contribution >= 0.6 is 35.7 Å². The van der Waals surface area contributed by atoms with Crippen molar-refractivity contribution in [2.75, 3.05) is 50.4 Å². The minimum Gasteiger partial charge on any atom is -0.360 e. The van der Waals surface area contributed by atoms with Gasteiger partial charge in [0.05, 0.1) is 6.54 Å². The number of benzene rings is 2. The van der Waals surface area contributed by atoms with Crippen molar-refractivity contribution in [2.45, 2.75) is 17.9 Å². The normalized spacial score (nSPS) is 18.8. The van der Waals surface area contributed by atoms with Crippen LogP contribution in [0.2, 0.25) is 0 Å². The molecule has 172 valence electrons. The van der Waals surface area contributed by atoms with E-state index in [9.17, 15) is 4.79 Å². The first-order chi connectivity index (χ1) is 15.2. The molecule has 2 N–H and O–H groups in total. The van der Waals surface area contributed by atoms with E-state index in [1.165, 1.54) is 16.9 Å². The Kier molecular flexibility index (Phi) is 9.52. The molecule has 0 spiro atoms. The number of piperazine rings is 1. The van der Waals surface area contributed by atoms with E-state index in [0.29, 0.717) is 19.0 Å². The van der Waals surface area contributed by atoms with Gasteiger partial charge in [-0.2, -0.15) is 0 Å². The summed E-state index contributed by atoms with van der Waals surface area (Å²) in [7, 11) is 1.86. The number of halogens is 1. The van der Waals surface area contributed by atoms with Crippen LogP contribution in [0.5, 0.6) is 0 Å². The van der Waals surface area contributed by atoms with Crippen LogP contribution in [0.25, 0.3) is 0 Å². The predicted octanol–water partition coefficient (Wildman–Crippen LogP) is 3.43. The first-order valence-electron chi connectivity index (χ1n) is 11.0. The van der Waals surface area contributed by atoms with Gasteiger partial charge >= 0.3 is 0 Å². The molecule has 2 aromatic carbocycles. The third kappa shape index (κ3) is 6.78. The van der Waals surface area contributed by atoms with E-state index in [0.717, 1.165) is 43.6 Å².